The minimum atomic E-state index is -0.835. The van der Waals surface area contributed by atoms with Crippen LogP contribution in [0.2, 0.25) is 0 Å². The molecule has 0 aliphatic carbocycles. The summed E-state index contributed by atoms with van der Waals surface area (Å²) in [5, 5.41) is 3.23. The molecule has 3 rings (SSSR count). The summed E-state index contributed by atoms with van der Waals surface area (Å²) in [4.78, 5) is 27.0. The van der Waals surface area contributed by atoms with Gasteiger partial charge in [0, 0.05) is 45.8 Å². The molecule has 1 saturated heterocycles. The van der Waals surface area contributed by atoms with E-state index in [4.69, 9.17) is 14.7 Å². The molecule has 1 unspecified atom stereocenters. The van der Waals surface area contributed by atoms with E-state index >= 15 is 0 Å². The second-order valence-corrected chi connectivity index (χ2v) is 7.82. The van der Waals surface area contributed by atoms with Crippen LogP contribution in [-0.4, -0.2) is 65.6 Å². The zero-order valence-electron chi connectivity index (χ0n) is 16.6. The second-order valence-electron chi connectivity index (χ2n) is 7.82. The van der Waals surface area contributed by atoms with E-state index in [2.05, 4.69) is 17.3 Å². The van der Waals surface area contributed by atoms with Gasteiger partial charge in [-0.1, -0.05) is 0 Å². The Labute approximate surface area is 156 Å². The first kappa shape index (κ1) is 19.0. The molecule has 2 aliphatic rings. The highest BCUT2D eigenvalue weighted by molar-refractivity contribution is 5.84. The van der Waals surface area contributed by atoms with Gasteiger partial charge in [-0.3, -0.25) is 4.79 Å². The Kier molecular flexibility index (Phi) is 5.48. The average Bonchev–Trinajstić information content (AvgIpc) is 2.66. The number of piperidine rings is 1. The topological polar surface area (TPSA) is 70.6 Å². The van der Waals surface area contributed by atoms with E-state index in [0.29, 0.717) is 0 Å². The van der Waals surface area contributed by atoms with E-state index in [1.807, 2.05) is 25.8 Å². The molecule has 0 saturated carbocycles. The molecular weight excluding hydrogens is 330 g/mol. The maximum Gasteiger partial charge on any atom is 0.254 e. The lowest BCUT2D eigenvalue weighted by atomic mass is 9.97. The molecule has 0 aromatic carbocycles. The second kappa shape index (κ2) is 7.48. The molecule has 1 amide bonds. The maximum atomic E-state index is 13.0. The van der Waals surface area contributed by atoms with Gasteiger partial charge < -0.3 is 19.9 Å². The zero-order valence-corrected chi connectivity index (χ0v) is 16.6. The van der Waals surface area contributed by atoms with Crippen LogP contribution in [-0.2, 0) is 22.5 Å². The highest BCUT2D eigenvalue weighted by atomic mass is 16.5. The van der Waals surface area contributed by atoms with Crippen molar-refractivity contribution in [1.29, 1.82) is 0 Å². The number of fused-ring (bicyclic) bond motifs is 1. The number of hydrogen-bond donors (Lipinski definition) is 1. The highest BCUT2D eigenvalue weighted by Gasteiger charge is 2.38. The standard InChI is InChI=1S/C19H31N5O2/c1-19(2,26-5)18(25)24-10-7-6-8-15(24)17-21-14-9-11-23(4)12-13(14)16(20-3)22-17/h15H,6-12H2,1-5H3,(H,20,21,22). The van der Waals surface area contributed by atoms with Crippen molar-refractivity contribution in [3.8, 4) is 0 Å². The van der Waals surface area contributed by atoms with Crippen molar-refractivity contribution < 1.29 is 9.53 Å². The number of likely N-dealkylation sites (N-methyl/N-ethyl adjacent to an activating group) is 1. The number of nitrogens with one attached hydrogen (secondary N) is 1. The van der Waals surface area contributed by atoms with E-state index in [0.717, 1.165) is 62.7 Å². The van der Waals surface area contributed by atoms with Crippen LogP contribution in [0, 0.1) is 0 Å². The molecule has 0 bridgehead atoms. The largest absolute Gasteiger partial charge is 0.373 e. The number of amides is 1. The minimum absolute atomic E-state index is 0.0109. The van der Waals surface area contributed by atoms with E-state index in [1.54, 1.807) is 7.11 Å². The summed E-state index contributed by atoms with van der Waals surface area (Å²) < 4.78 is 5.43. The summed E-state index contributed by atoms with van der Waals surface area (Å²) in [6.07, 6.45) is 3.91. The third kappa shape index (κ3) is 3.55. The number of nitrogens with zero attached hydrogens (tertiary/aromatic N) is 4. The molecule has 1 fully saturated rings. The lowest BCUT2D eigenvalue weighted by Crippen LogP contribution is -2.50. The molecule has 1 atom stereocenters. The lowest BCUT2D eigenvalue weighted by molar-refractivity contribution is -0.155. The van der Waals surface area contributed by atoms with Crippen LogP contribution in [0.1, 0.15) is 56.2 Å². The Balaban J connectivity index is 1.97. The number of anilines is 1. The summed E-state index contributed by atoms with van der Waals surface area (Å²) in [5.74, 6) is 1.66. The molecular formula is C19H31N5O2. The Morgan fingerprint density at radius 2 is 2.04 bits per heavy atom. The van der Waals surface area contributed by atoms with Crippen LogP contribution >= 0.6 is 0 Å². The van der Waals surface area contributed by atoms with Crippen LogP contribution in [0.3, 0.4) is 0 Å². The van der Waals surface area contributed by atoms with Gasteiger partial charge in [-0.15, -0.1) is 0 Å². The van der Waals surface area contributed by atoms with Crippen LogP contribution in [0.5, 0.6) is 0 Å². The Morgan fingerprint density at radius 3 is 2.73 bits per heavy atom. The first-order valence-electron chi connectivity index (χ1n) is 9.49. The number of likely N-dealkylation sites (tertiary alicyclic amines) is 1. The van der Waals surface area contributed by atoms with Crippen molar-refractivity contribution in [2.24, 2.45) is 0 Å². The van der Waals surface area contributed by atoms with Crippen molar-refractivity contribution in [3.05, 3.63) is 17.1 Å². The summed E-state index contributed by atoms with van der Waals surface area (Å²) in [7, 11) is 5.60. The number of ether oxygens (including phenoxy) is 1. The quantitative estimate of drug-likeness (QED) is 0.884. The van der Waals surface area contributed by atoms with Gasteiger partial charge >= 0.3 is 0 Å². The maximum absolute atomic E-state index is 13.0. The summed E-state index contributed by atoms with van der Waals surface area (Å²) in [6, 6.07) is -0.0808. The fraction of sp³-hybridized carbons (Fsp3) is 0.737. The van der Waals surface area contributed by atoms with Crippen molar-refractivity contribution >= 4 is 11.7 Å². The van der Waals surface area contributed by atoms with Crippen LogP contribution < -0.4 is 5.32 Å². The van der Waals surface area contributed by atoms with E-state index < -0.39 is 5.60 Å². The number of aromatic nitrogens is 2. The van der Waals surface area contributed by atoms with Gasteiger partial charge in [0.25, 0.3) is 5.91 Å². The predicted octanol–water partition coefficient (Wildman–Crippen LogP) is 1.98. The monoisotopic (exact) mass is 361 g/mol. The van der Waals surface area contributed by atoms with Crippen molar-refractivity contribution in [2.75, 3.05) is 39.6 Å². The minimum Gasteiger partial charge on any atom is -0.373 e. The molecule has 2 aliphatic heterocycles. The lowest BCUT2D eigenvalue weighted by Gasteiger charge is -2.39. The first-order valence-corrected chi connectivity index (χ1v) is 9.49. The van der Waals surface area contributed by atoms with Gasteiger partial charge in [0.2, 0.25) is 0 Å². The van der Waals surface area contributed by atoms with Crippen molar-refractivity contribution in [3.63, 3.8) is 0 Å². The van der Waals surface area contributed by atoms with Gasteiger partial charge in [-0.2, -0.15) is 0 Å². The number of rotatable bonds is 4. The molecule has 1 aromatic rings. The molecule has 3 heterocycles. The number of carbonyl (C=O) groups excluding carboxylic acids is 1. The number of methoxy groups -OCH3 is 1. The van der Waals surface area contributed by atoms with E-state index in [1.165, 1.54) is 5.56 Å². The number of carbonyl (C=O) groups is 1. The van der Waals surface area contributed by atoms with Gasteiger partial charge in [0.05, 0.1) is 11.7 Å². The number of hydrogen-bond acceptors (Lipinski definition) is 6. The molecule has 0 radical (unpaired) electrons. The molecule has 7 nitrogen and oxygen atoms in total. The van der Waals surface area contributed by atoms with Crippen molar-refractivity contribution in [2.45, 2.75) is 57.7 Å². The summed E-state index contributed by atoms with van der Waals surface area (Å²) in [5.41, 5.74) is 1.45. The molecule has 7 heteroatoms. The zero-order chi connectivity index (χ0) is 18.9. The van der Waals surface area contributed by atoms with Gasteiger partial charge in [0.1, 0.15) is 11.4 Å². The SMILES string of the molecule is CNc1nc(C2CCCCN2C(=O)C(C)(C)OC)nc2c1CN(C)CC2. The molecule has 144 valence electrons. The molecule has 26 heavy (non-hydrogen) atoms. The predicted molar refractivity (Wildman–Crippen MR) is 101 cm³/mol. The Morgan fingerprint density at radius 1 is 1.27 bits per heavy atom. The molecule has 1 aromatic heterocycles. The van der Waals surface area contributed by atoms with Crippen LogP contribution in [0.15, 0.2) is 0 Å². The summed E-state index contributed by atoms with van der Waals surface area (Å²) >= 11 is 0. The molecule has 1 N–H and O–H groups in total. The highest BCUT2D eigenvalue weighted by Crippen LogP contribution is 2.33. The van der Waals surface area contributed by atoms with Gasteiger partial charge in [-0.05, 0) is 40.2 Å². The van der Waals surface area contributed by atoms with Crippen LogP contribution in [0.25, 0.3) is 0 Å². The smallest absolute Gasteiger partial charge is 0.254 e. The van der Waals surface area contributed by atoms with E-state index in [-0.39, 0.29) is 11.9 Å². The Bertz CT molecular complexity index is 659. The summed E-state index contributed by atoms with van der Waals surface area (Å²) in [6.45, 7) is 6.23. The van der Waals surface area contributed by atoms with Crippen molar-refractivity contribution in [1.82, 2.24) is 19.8 Å². The normalized spacial score (nSPS) is 21.4. The fourth-order valence-corrected chi connectivity index (χ4v) is 3.80. The van der Waals surface area contributed by atoms with Gasteiger partial charge in [0.15, 0.2) is 5.82 Å². The Hall–Kier alpha value is -1.73. The van der Waals surface area contributed by atoms with E-state index in [9.17, 15) is 4.79 Å². The van der Waals surface area contributed by atoms with Gasteiger partial charge in [-0.25, -0.2) is 9.97 Å². The first-order chi connectivity index (χ1) is 12.4. The average molecular weight is 361 g/mol. The van der Waals surface area contributed by atoms with Crippen LogP contribution in [0.4, 0.5) is 5.82 Å². The third-order valence-corrected chi connectivity index (χ3v) is 5.59. The third-order valence-electron chi connectivity index (χ3n) is 5.59. The fourth-order valence-electron chi connectivity index (χ4n) is 3.80. The molecule has 0 spiro atoms.